The summed E-state index contributed by atoms with van der Waals surface area (Å²) in [5.74, 6) is -2.29. The van der Waals surface area contributed by atoms with Crippen LogP contribution >= 0.6 is 22.9 Å². The number of carbonyl (C=O) groups excluding carboxylic acids is 1. The second-order valence-electron chi connectivity index (χ2n) is 11.7. The van der Waals surface area contributed by atoms with E-state index < -0.39 is 41.8 Å². The van der Waals surface area contributed by atoms with Gasteiger partial charge in [0.2, 0.25) is 5.91 Å². The number of likely N-dealkylation sites (tertiary alicyclic amines) is 1. The van der Waals surface area contributed by atoms with Crippen molar-refractivity contribution in [2.45, 2.75) is 31.5 Å². The first kappa shape index (κ1) is 33.7. The minimum absolute atomic E-state index is 0.0236. The highest BCUT2D eigenvalue weighted by Gasteiger charge is 2.60. The molecular formula is C30H24ClF7N6O3S. The number of nitrogens with two attached hydrogens (primary N) is 1. The second-order valence-corrected chi connectivity index (χ2v) is 13.1. The van der Waals surface area contributed by atoms with Gasteiger partial charge in [0.25, 0.3) is 0 Å². The summed E-state index contributed by atoms with van der Waals surface area (Å²) in [7, 11) is 1.29. The first-order valence-electron chi connectivity index (χ1n) is 14.4. The van der Waals surface area contributed by atoms with Gasteiger partial charge in [0.1, 0.15) is 34.8 Å². The topological polar surface area (TPSA) is 118 Å². The highest BCUT2D eigenvalue weighted by molar-refractivity contribution is 7.23. The van der Waals surface area contributed by atoms with E-state index in [2.05, 4.69) is 14.7 Å². The number of aromatic nitrogens is 2. The highest BCUT2D eigenvalue weighted by Crippen LogP contribution is 2.47. The van der Waals surface area contributed by atoms with Crippen LogP contribution in [-0.2, 0) is 9.53 Å². The minimum Gasteiger partial charge on any atom is -0.467 e. The van der Waals surface area contributed by atoms with Gasteiger partial charge >= 0.3 is 18.3 Å². The van der Waals surface area contributed by atoms with Crippen LogP contribution < -0.4 is 15.4 Å². The number of anilines is 2. The third-order valence-electron chi connectivity index (χ3n) is 8.55. The summed E-state index contributed by atoms with van der Waals surface area (Å²) in [5, 5.41) is 10.0. The van der Waals surface area contributed by atoms with Gasteiger partial charge in [0.15, 0.2) is 5.82 Å². The number of nitrogen functional groups attached to an aromatic ring is 1. The SMILES string of the molecule is COc1nc(N2CCCCC3(CN(C(=O)COC(F)(F)C(F)(F)F)C3)C2)c2cc(Cl)c(-c3ccc(F)c4sc(N)c(C#N)c34)c(F)c2n1. The molecule has 2 aromatic carbocycles. The van der Waals surface area contributed by atoms with Crippen LogP contribution in [0.3, 0.4) is 0 Å². The number of rotatable bonds is 6. The summed E-state index contributed by atoms with van der Waals surface area (Å²) in [6.45, 7) is -0.618. The van der Waals surface area contributed by atoms with Gasteiger partial charge in [-0.1, -0.05) is 24.1 Å². The van der Waals surface area contributed by atoms with Crippen molar-refractivity contribution in [1.82, 2.24) is 14.9 Å². The second kappa shape index (κ2) is 12.1. The van der Waals surface area contributed by atoms with Crippen molar-refractivity contribution in [3.05, 3.63) is 40.4 Å². The lowest BCUT2D eigenvalue weighted by Gasteiger charge is -2.51. The van der Waals surface area contributed by atoms with Crippen molar-refractivity contribution in [2.75, 3.05) is 50.5 Å². The Morgan fingerprint density at radius 1 is 1.17 bits per heavy atom. The number of nitrogens with zero attached hydrogens (tertiary/aromatic N) is 5. The Labute approximate surface area is 276 Å². The maximum Gasteiger partial charge on any atom is 0.482 e. The van der Waals surface area contributed by atoms with Crippen molar-refractivity contribution < 1.29 is 45.0 Å². The largest absolute Gasteiger partial charge is 0.482 e. The lowest BCUT2D eigenvalue weighted by Crippen LogP contribution is -2.63. The van der Waals surface area contributed by atoms with E-state index >= 15 is 4.39 Å². The van der Waals surface area contributed by atoms with Crippen molar-refractivity contribution >= 4 is 60.7 Å². The van der Waals surface area contributed by atoms with E-state index in [4.69, 9.17) is 22.1 Å². The zero-order chi connectivity index (χ0) is 34.8. The predicted octanol–water partition coefficient (Wildman–Crippen LogP) is 6.90. The van der Waals surface area contributed by atoms with Crippen LogP contribution in [0.2, 0.25) is 5.02 Å². The first-order valence-corrected chi connectivity index (χ1v) is 15.5. The maximum absolute atomic E-state index is 16.6. The number of carbonyl (C=O) groups is 1. The van der Waals surface area contributed by atoms with Gasteiger partial charge in [0, 0.05) is 47.9 Å². The Morgan fingerprint density at radius 3 is 2.56 bits per heavy atom. The lowest BCUT2D eigenvalue weighted by molar-refractivity contribution is -0.389. The molecule has 0 aliphatic carbocycles. The van der Waals surface area contributed by atoms with E-state index in [9.17, 15) is 36.4 Å². The van der Waals surface area contributed by atoms with Crippen LogP contribution in [0.25, 0.3) is 32.1 Å². The van der Waals surface area contributed by atoms with E-state index in [1.807, 2.05) is 11.0 Å². The molecule has 18 heteroatoms. The quantitative estimate of drug-likeness (QED) is 0.214. The Balaban J connectivity index is 1.35. The number of benzene rings is 2. The predicted molar refractivity (Wildman–Crippen MR) is 163 cm³/mol. The number of thiophene rings is 1. The monoisotopic (exact) mass is 716 g/mol. The fourth-order valence-corrected chi connectivity index (χ4v) is 7.56. The minimum atomic E-state index is -5.96. The number of amides is 1. The molecule has 0 bridgehead atoms. The summed E-state index contributed by atoms with van der Waals surface area (Å²) in [6.07, 6.45) is -9.46. The van der Waals surface area contributed by atoms with Crippen molar-refractivity contribution in [3.63, 3.8) is 0 Å². The molecule has 1 amide bonds. The first-order chi connectivity index (χ1) is 22.6. The van der Waals surface area contributed by atoms with Crippen LogP contribution in [-0.4, -0.2) is 73.0 Å². The molecular weight excluding hydrogens is 693 g/mol. The van der Waals surface area contributed by atoms with Gasteiger partial charge in [-0.2, -0.15) is 37.2 Å². The summed E-state index contributed by atoms with van der Waals surface area (Å²) in [6, 6.07) is 5.64. The van der Waals surface area contributed by atoms with E-state index in [1.54, 1.807) is 0 Å². The highest BCUT2D eigenvalue weighted by atomic mass is 35.5. The Hall–Kier alpha value is -4.14. The molecule has 2 N–H and O–H groups in total. The molecule has 2 saturated heterocycles. The molecule has 48 heavy (non-hydrogen) atoms. The average molecular weight is 717 g/mol. The fourth-order valence-electron chi connectivity index (χ4n) is 6.32. The van der Waals surface area contributed by atoms with Crippen LogP contribution in [0.15, 0.2) is 18.2 Å². The van der Waals surface area contributed by atoms with Crippen molar-refractivity contribution in [2.24, 2.45) is 5.41 Å². The summed E-state index contributed by atoms with van der Waals surface area (Å²) < 4.78 is 104. The van der Waals surface area contributed by atoms with Gasteiger partial charge in [0.05, 0.1) is 22.4 Å². The van der Waals surface area contributed by atoms with Gasteiger partial charge in [-0.15, -0.1) is 11.3 Å². The third-order valence-corrected chi connectivity index (χ3v) is 9.87. The molecule has 0 radical (unpaired) electrons. The molecule has 2 fully saturated rings. The maximum atomic E-state index is 16.6. The number of hydrogen-bond acceptors (Lipinski definition) is 9. The van der Waals surface area contributed by atoms with Gasteiger partial charge in [-0.05, 0) is 30.5 Å². The van der Waals surface area contributed by atoms with Gasteiger partial charge in [-0.25, -0.2) is 8.78 Å². The van der Waals surface area contributed by atoms with Gasteiger partial charge in [-0.3, -0.25) is 4.79 Å². The number of fused-ring (bicyclic) bond motifs is 2. The molecule has 2 aliphatic heterocycles. The summed E-state index contributed by atoms with van der Waals surface area (Å²) in [5.41, 5.74) is 5.18. The lowest BCUT2D eigenvalue weighted by atomic mass is 9.75. The summed E-state index contributed by atoms with van der Waals surface area (Å²) >= 11 is 7.56. The molecule has 1 spiro atoms. The fraction of sp³-hybridized carbons (Fsp3) is 0.400. The molecule has 254 valence electrons. The Morgan fingerprint density at radius 2 is 1.90 bits per heavy atom. The van der Waals surface area contributed by atoms with Gasteiger partial charge < -0.3 is 25.0 Å². The molecule has 2 aromatic heterocycles. The standard InChI is InChI=1S/C30H24ClF7N6O3S/c1-46-27-41-23-15(8-17(31)21(22(23)33)14-4-5-18(32)24-20(14)16(9-39)25(40)48-24)26(42-27)43-7-3-2-6-28(11-43)12-44(13-28)19(45)10-47-30(37,38)29(34,35)36/h4-5,8H,2-3,6-7,10-13,40H2,1H3. The molecule has 2 aliphatic rings. The number of halogens is 8. The normalized spacial score (nSPS) is 16.7. The molecule has 4 heterocycles. The van der Waals surface area contributed by atoms with E-state index in [0.29, 0.717) is 25.8 Å². The Kier molecular flexibility index (Phi) is 8.49. The van der Waals surface area contributed by atoms with Crippen LogP contribution in [0.4, 0.5) is 41.6 Å². The molecule has 0 atom stereocenters. The number of methoxy groups -OCH3 is 1. The molecule has 0 unspecified atom stereocenters. The van der Waals surface area contributed by atoms with Crippen molar-refractivity contribution in [3.8, 4) is 23.2 Å². The number of alkyl halides is 5. The molecule has 0 saturated carbocycles. The number of nitriles is 1. The zero-order valence-corrected chi connectivity index (χ0v) is 26.4. The van der Waals surface area contributed by atoms with Crippen LogP contribution in [0.1, 0.15) is 24.8 Å². The number of hydrogen-bond donors (Lipinski definition) is 1. The molecule has 4 aromatic rings. The van der Waals surface area contributed by atoms with E-state index in [-0.39, 0.29) is 79.2 Å². The Bertz CT molecular complexity index is 1990. The summed E-state index contributed by atoms with van der Waals surface area (Å²) in [4.78, 5) is 24.2. The van der Waals surface area contributed by atoms with Crippen LogP contribution in [0.5, 0.6) is 6.01 Å². The molecule has 9 nitrogen and oxygen atoms in total. The van der Waals surface area contributed by atoms with Crippen molar-refractivity contribution in [1.29, 1.82) is 5.26 Å². The van der Waals surface area contributed by atoms with E-state index in [1.165, 1.54) is 19.2 Å². The smallest absolute Gasteiger partial charge is 0.467 e. The van der Waals surface area contributed by atoms with E-state index in [0.717, 1.165) is 22.3 Å². The third kappa shape index (κ3) is 5.69. The van der Waals surface area contributed by atoms with Crippen LogP contribution in [0, 0.1) is 28.4 Å². The zero-order valence-electron chi connectivity index (χ0n) is 24.9. The molecule has 6 rings (SSSR count). The average Bonchev–Trinajstić information content (AvgIpc) is 3.20. The number of ether oxygens (including phenoxy) is 2.